The lowest BCUT2D eigenvalue weighted by Crippen LogP contribution is -2.36. The van der Waals surface area contributed by atoms with Gasteiger partial charge in [0, 0.05) is 5.56 Å². The normalized spacial score (nSPS) is 14.5. The monoisotopic (exact) mass is 444 g/mol. The van der Waals surface area contributed by atoms with Crippen LogP contribution in [0.25, 0.3) is 11.1 Å². The van der Waals surface area contributed by atoms with E-state index >= 15 is 0 Å². The first kappa shape index (κ1) is 23.4. The number of aryl methyl sites for hydroxylation is 1. The second-order valence-electron chi connectivity index (χ2n) is 7.14. The highest BCUT2D eigenvalue weighted by atomic mass is 16.6. The molecule has 1 amide bonds. The number of benzene rings is 1. The molecular formula is C23H28N2O7. The van der Waals surface area contributed by atoms with Crippen LogP contribution >= 0.6 is 0 Å². The minimum atomic E-state index is -0.421. The molecule has 2 N–H and O–H groups in total. The fourth-order valence-corrected chi connectivity index (χ4v) is 4.00. The van der Waals surface area contributed by atoms with Crippen LogP contribution in [0.4, 0.5) is 0 Å². The van der Waals surface area contributed by atoms with Gasteiger partial charge in [0.05, 0.1) is 48.1 Å². The summed E-state index contributed by atoms with van der Waals surface area (Å²) in [5, 5.41) is 2.99. The Morgan fingerprint density at radius 3 is 2.31 bits per heavy atom. The molecule has 0 bridgehead atoms. The molecule has 0 aromatic heterocycles. The molecule has 1 atom stereocenters. The van der Waals surface area contributed by atoms with Gasteiger partial charge in [0.15, 0.2) is 17.2 Å². The summed E-state index contributed by atoms with van der Waals surface area (Å²) in [6, 6.07) is 6.42. The second kappa shape index (κ2) is 10.3. The maximum atomic E-state index is 12.8. The SMILES string of the molecule is CONCC(=O)NC1CCc2cc(OC)c(OC)c(OC)c2-c2ccc(OC)c(=O)cc21. The van der Waals surface area contributed by atoms with Crippen molar-refractivity contribution in [2.24, 2.45) is 0 Å². The lowest BCUT2D eigenvalue weighted by Gasteiger charge is -2.20. The lowest BCUT2D eigenvalue weighted by molar-refractivity contribution is -0.123. The van der Waals surface area contributed by atoms with Crippen LogP contribution < -0.4 is 35.2 Å². The summed E-state index contributed by atoms with van der Waals surface area (Å²) < 4.78 is 22.1. The average molecular weight is 444 g/mol. The van der Waals surface area contributed by atoms with Gasteiger partial charge in [-0.3, -0.25) is 9.59 Å². The van der Waals surface area contributed by atoms with Crippen molar-refractivity contribution in [3.8, 4) is 34.1 Å². The zero-order chi connectivity index (χ0) is 23.3. The zero-order valence-electron chi connectivity index (χ0n) is 18.9. The minimum absolute atomic E-state index is 0.0211. The standard InChI is InChI=1S/C23H28N2O7/c1-28-18-9-7-14-15(11-17(18)26)16(25-20(27)12-24-32-5)8-6-13-10-19(29-2)22(30-3)23(31-4)21(13)14/h7,9-11,16,24H,6,8,12H2,1-5H3,(H,25,27). The molecule has 0 heterocycles. The fraction of sp³-hybridized carbons (Fsp3) is 0.391. The third kappa shape index (κ3) is 4.49. The quantitative estimate of drug-likeness (QED) is 0.596. The summed E-state index contributed by atoms with van der Waals surface area (Å²) in [6.07, 6.45) is 1.17. The number of carbonyl (C=O) groups excluding carboxylic acids is 1. The molecule has 0 aliphatic heterocycles. The first-order valence-corrected chi connectivity index (χ1v) is 10.1. The fourth-order valence-electron chi connectivity index (χ4n) is 4.00. The zero-order valence-corrected chi connectivity index (χ0v) is 18.9. The van der Waals surface area contributed by atoms with E-state index in [2.05, 4.69) is 10.8 Å². The van der Waals surface area contributed by atoms with Gasteiger partial charge in [0.1, 0.15) is 0 Å². The lowest BCUT2D eigenvalue weighted by atomic mass is 9.95. The largest absolute Gasteiger partial charge is 0.493 e. The van der Waals surface area contributed by atoms with Crippen molar-refractivity contribution in [2.75, 3.05) is 42.1 Å². The van der Waals surface area contributed by atoms with E-state index in [-0.39, 0.29) is 23.6 Å². The molecular weight excluding hydrogens is 416 g/mol. The number of amides is 1. The summed E-state index contributed by atoms with van der Waals surface area (Å²) >= 11 is 0. The van der Waals surface area contributed by atoms with Crippen LogP contribution in [0, 0.1) is 0 Å². The number of carbonyl (C=O) groups is 1. The summed E-state index contributed by atoms with van der Waals surface area (Å²) in [4.78, 5) is 30.0. The van der Waals surface area contributed by atoms with Gasteiger partial charge in [-0.2, -0.15) is 5.48 Å². The van der Waals surface area contributed by atoms with Crippen LogP contribution in [0.15, 0.2) is 29.1 Å². The number of rotatable bonds is 8. The molecule has 0 saturated heterocycles. The van der Waals surface area contributed by atoms with E-state index in [1.807, 2.05) is 6.07 Å². The number of methoxy groups -OCH3 is 4. The maximum absolute atomic E-state index is 12.8. The van der Waals surface area contributed by atoms with Gasteiger partial charge in [0.2, 0.25) is 17.1 Å². The number of hydroxylamine groups is 1. The number of hydrogen-bond donors (Lipinski definition) is 2. The molecule has 172 valence electrons. The van der Waals surface area contributed by atoms with Crippen molar-refractivity contribution in [1.29, 1.82) is 0 Å². The summed E-state index contributed by atoms with van der Waals surface area (Å²) in [5.74, 6) is 1.42. The van der Waals surface area contributed by atoms with Gasteiger partial charge in [-0.15, -0.1) is 0 Å². The van der Waals surface area contributed by atoms with Crippen LogP contribution in [-0.4, -0.2) is 48.0 Å². The predicted octanol–water partition coefficient (Wildman–Crippen LogP) is 2.00. The molecule has 9 heteroatoms. The third-order valence-corrected chi connectivity index (χ3v) is 5.43. The van der Waals surface area contributed by atoms with E-state index in [9.17, 15) is 9.59 Å². The predicted molar refractivity (Wildman–Crippen MR) is 119 cm³/mol. The van der Waals surface area contributed by atoms with Gasteiger partial charge in [-0.25, -0.2) is 0 Å². The molecule has 0 spiro atoms. The van der Waals surface area contributed by atoms with Crippen LogP contribution in [0.2, 0.25) is 0 Å². The van der Waals surface area contributed by atoms with E-state index in [1.54, 1.807) is 33.5 Å². The Kier molecular flexibility index (Phi) is 7.55. The van der Waals surface area contributed by atoms with Gasteiger partial charge >= 0.3 is 0 Å². The Bertz CT molecular complexity index is 1060. The van der Waals surface area contributed by atoms with E-state index in [0.717, 1.165) is 16.7 Å². The molecule has 32 heavy (non-hydrogen) atoms. The Morgan fingerprint density at radius 2 is 1.69 bits per heavy atom. The smallest absolute Gasteiger partial charge is 0.236 e. The van der Waals surface area contributed by atoms with Gasteiger partial charge in [-0.05, 0) is 47.7 Å². The second-order valence-corrected chi connectivity index (χ2v) is 7.14. The highest BCUT2D eigenvalue weighted by molar-refractivity contribution is 5.84. The van der Waals surface area contributed by atoms with Crippen LogP contribution in [0.1, 0.15) is 23.6 Å². The number of ether oxygens (including phenoxy) is 4. The van der Waals surface area contributed by atoms with E-state index in [1.165, 1.54) is 20.3 Å². The van der Waals surface area contributed by atoms with Gasteiger partial charge in [0.25, 0.3) is 0 Å². The molecule has 1 aliphatic rings. The summed E-state index contributed by atoms with van der Waals surface area (Å²) in [7, 11) is 7.54. The molecule has 0 fully saturated rings. The summed E-state index contributed by atoms with van der Waals surface area (Å²) in [5.41, 5.74) is 5.37. The molecule has 3 rings (SSSR count). The molecule has 0 radical (unpaired) electrons. The number of fused-ring (bicyclic) bond motifs is 3. The average Bonchev–Trinajstić information content (AvgIpc) is 3.04. The van der Waals surface area contributed by atoms with Crippen molar-refractivity contribution in [3.63, 3.8) is 0 Å². The van der Waals surface area contributed by atoms with Crippen molar-refractivity contribution in [2.45, 2.75) is 18.9 Å². The highest BCUT2D eigenvalue weighted by Gasteiger charge is 2.29. The van der Waals surface area contributed by atoms with Crippen LogP contribution in [-0.2, 0) is 16.1 Å². The Labute approximate surface area is 186 Å². The van der Waals surface area contributed by atoms with E-state index in [4.69, 9.17) is 23.8 Å². The van der Waals surface area contributed by atoms with E-state index < -0.39 is 6.04 Å². The first-order valence-electron chi connectivity index (χ1n) is 10.1. The minimum Gasteiger partial charge on any atom is -0.493 e. The molecule has 2 aromatic rings. The summed E-state index contributed by atoms with van der Waals surface area (Å²) in [6.45, 7) is -0.0211. The van der Waals surface area contributed by atoms with Crippen molar-refractivity contribution in [3.05, 3.63) is 45.6 Å². The Hall–Kier alpha value is -3.30. The number of hydrogen-bond acceptors (Lipinski definition) is 8. The molecule has 1 aliphatic carbocycles. The first-order chi connectivity index (χ1) is 15.5. The van der Waals surface area contributed by atoms with Crippen LogP contribution in [0.5, 0.6) is 23.0 Å². The van der Waals surface area contributed by atoms with Crippen molar-refractivity contribution < 1.29 is 28.6 Å². The van der Waals surface area contributed by atoms with Gasteiger partial charge in [-0.1, -0.05) is 6.07 Å². The highest BCUT2D eigenvalue weighted by Crippen LogP contribution is 2.50. The molecule has 9 nitrogen and oxygen atoms in total. The van der Waals surface area contributed by atoms with Crippen molar-refractivity contribution >= 4 is 5.91 Å². The number of nitrogens with one attached hydrogen (secondary N) is 2. The Balaban J connectivity index is 2.28. The topological polar surface area (TPSA) is 104 Å². The molecule has 1 unspecified atom stereocenters. The third-order valence-electron chi connectivity index (χ3n) is 5.43. The maximum Gasteiger partial charge on any atom is 0.236 e. The van der Waals surface area contributed by atoms with E-state index in [0.29, 0.717) is 35.7 Å². The van der Waals surface area contributed by atoms with Crippen molar-refractivity contribution in [1.82, 2.24) is 10.8 Å². The van der Waals surface area contributed by atoms with Crippen LogP contribution in [0.3, 0.4) is 0 Å². The molecule has 2 aromatic carbocycles. The Morgan fingerprint density at radius 1 is 0.969 bits per heavy atom. The van der Waals surface area contributed by atoms with Gasteiger partial charge < -0.3 is 29.1 Å². The molecule has 0 saturated carbocycles.